The molecule has 0 bridgehead atoms. The maximum Gasteiger partial charge on any atom is 0.226 e. The minimum Gasteiger partial charge on any atom is -0.396 e. The summed E-state index contributed by atoms with van der Waals surface area (Å²) < 4.78 is 0. The summed E-state index contributed by atoms with van der Waals surface area (Å²) in [6.45, 7) is 9.07. The molecule has 0 saturated carbocycles. The van der Waals surface area contributed by atoms with Crippen molar-refractivity contribution in [2.45, 2.75) is 27.2 Å². The summed E-state index contributed by atoms with van der Waals surface area (Å²) >= 11 is 0. The molecule has 0 aromatic carbocycles. The highest BCUT2D eigenvalue weighted by atomic mass is 16.3. The molecule has 4 nitrogen and oxygen atoms in total. The first-order valence-corrected chi connectivity index (χ1v) is 5.77. The molecule has 0 aliphatic carbocycles. The topological polar surface area (TPSA) is 52.6 Å². The largest absolute Gasteiger partial charge is 0.396 e. The van der Waals surface area contributed by atoms with Gasteiger partial charge in [-0.25, -0.2) is 0 Å². The van der Waals surface area contributed by atoms with E-state index in [0.717, 1.165) is 19.6 Å². The van der Waals surface area contributed by atoms with Crippen LogP contribution in [0.1, 0.15) is 27.2 Å². The Labute approximate surface area is 92.7 Å². The zero-order chi connectivity index (χ0) is 11.7. The van der Waals surface area contributed by atoms with Crippen LogP contribution in [-0.4, -0.2) is 48.7 Å². The number of carbonyl (C=O) groups is 1. The highest BCUT2D eigenvalue weighted by Crippen LogP contribution is 2.02. The Hall–Kier alpha value is -0.610. The van der Waals surface area contributed by atoms with Crippen molar-refractivity contribution >= 4 is 5.91 Å². The number of hydrogen-bond acceptors (Lipinski definition) is 3. The highest BCUT2D eigenvalue weighted by molar-refractivity contribution is 5.78. The van der Waals surface area contributed by atoms with Crippen molar-refractivity contribution in [3.8, 4) is 0 Å². The van der Waals surface area contributed by atoms with Crippen LogP contribution in [0.4, 0.5) is 0 Å². The minimum atomic E-state index is 0.0172. The monoisotopic (exact) mass is 216 g/mol. The van der Waals surface area contributed by atoms with Crippen LogP contribution in [-0.2, 0) is 4.79 Å². The predicted octanol–water partition coefficient (Wildman–Crippen LogP) is 0.463. The lowest BCUT2D eigenvalue weighted by molar-refractivity contribution is -0.134. The van der Waals surface area contributed by atoms with Gasteiger partial charge in [-0.05, 0) is 19.9 Å². The maximum atomic E-state index is 11.9. The van der Waals surface area contributed by atoms with Gasteiger partial charge in [0.25, 0.3) is 0 Å². The second kappa shape index (κ2) is 8.68. The molecular weight excluding hydrogens is 192 g/mol. The molecule has 2 N–H and O–H groups in total. The number of nitrogens with one attached hydrogen (secondary N) is 1. The molecule has 0 saturated heterocycles. The Balaban J connectivity index is 4.00. The third-order valence-electron chi connectivity index (χ3n) is 2.40. The Bertz CT molecular complexity index is 174. The molecule has 0 aliphatic rings. The zero-order valence-electron chi connectivity index (χ0n) is 10.1. The highest BCUT2D eigenvalue weighted by Gasteiger charge is 2.17. The van der Waals surface area contributed by atoms with E-state index in [1.54, 1.807) is 4.90 Å². The molecule has 0 spiro atoms. The molecule has 1 amide bonds. The number of aliphatic hydroxyl groups excluding tert-OH is 1. The van der Waals surface area contributed by atoms with E-state index in [1.165, 1.54) is 0 Å². The van der Waals surface area contributed by atoms with Crippen LogP contribution in [0.5, 0.6) is 0 Å². The van der Waals surface area contributed by atoms with Gasteiger partial charge in [-0.1, -0.05) is 13.8 Å². The van der Waals surface area contributed by atoms with E-state index in [1.807, 2.05) is 20.8 Å². The third kappa shape index (κ3) is 5.74. The molecule has 1 unspecified atom stereocenters. The van der Waals surface area contributed by atoms with Crippen LogP contribution in [0.3, 0.4) is 0 Å². The molecule has 0 aliphatic heterocycles. The van der Waals surface area contributed by atoms with E-state index in [0.29, 0.717) is 13.0 Å². The fourth-order valence-electron chi connectivity index (χ4n) is 1.45. The fraction of sp³-hybridized carbons (Fsp3) is 0.909. The molecule has 0 heterocycles. The maximum absolute atomic E-state index is 11.9. The van der Waals surface area contributed by atoms with Gasteiger partial charge in [0.05, 0.1) is 0 Å². The molecule has 1 atom stereocenters. The van der Waals surface area contributed by atoms with Crippen LogP contribution in [0.15, 0.2) is 0 Å². The van der Waals surface area contributed by atoms with Crippen molar-refractivity contribution in [1.29, 1.82) is 0 Å². The molecular formula is C11H24N2O2. The molecule has 0 fully saturated rings. The van der Waals surface area contributed by atoms with Gasteiger partial charge in [-0.15, -0.1) is 0 Å². The van der Waals surface area contributed by atoms with Crippen molar-refractivity contribution in [2.75, 3.05) is 32.8 Å². The number of carbonyl (C=O) groups excluding carboxylic acids is 1. The van der Waals surface area contributed by atoms with Gasteiger partial charge in [0.1, 0.15) is 0 Å². The van der Waals surface area contributed by atoms with Crippen molar-refractivity contribution in [1.82, 2.24) is 10.2 Å². The Morgan fingerprint density at radius 3 is 2.60 bits per heavy atom. The normalized spacial score (nSPS) is 12.5. The summed E-state index contributed by atoms with van der Waals surface area (Å²) in [6.07, 6.45) is 0.660. The summed E-state index contributed by atoms with van der Waals surface area (Å²) in [4.78, 5) is 13.7. The standard InChI is InChI=1S/C11H24N2O2/c1-4-12-9-10(3)11(15)13(5-2)7-6-8-14/h10,12,14H,4-9H2,1-3H3. The van der Waals surface area contributed by atoms with Gasteiger partial charge in [-0.2, -0.15) is 0 Å². The Kier molecular flexibility index (Phi) is 8.33. The SMILES string of the molecule is CCNCC(C)C(=O)N(CC)CCCO. The lowest BCUT2D eigenvalue weighted by Crippen LogP contribution is -2.39. The van der Waals surface area contributed by atoms with Gasteiger partial charge < -0.3 is 15.3 Å². The van der Waals surface area contributed by atoms with E-state index in [2.05, 4.69) is 5.32 Å². The van der Waals surface area contributed by atoms with Gasteiger partial charge in [0.15, 0.2) is 0 Å². The van der Waals surface area contributed by atoms with Crippen molar-refractivity contribution in [2.24, 2.45) is 5.92 Å². The molecule has 0 rings (SSSR count). The van der Waals surface area contributed by atoms with E-state index in [-0.39, 0.29) is 18.4 Å². The second-order valence-electron chi connectivity index (χ2n) is 3.70. The van der Waals surface area contributed by atoms with Gasteiger partial charge in [-0.3, -0.25) is 4.79 Å². The van der Waals surface area contributed by atoms with Crippen molar-refractivity contribution in [3.63, 3.8) is 0 Å². The van der Waals surface area contributed by atoms with Crippen LogP contribution in [0.25, 0.3) is 0 Å². The minimum absolute atomic E-state index is 0.0172. The summed E-state index contributed by atoms with van der Waals surface area (Å²) in [5.41, 5.74) is 0. The fourth-order valence-corrected chi connectivity index (χ4v) is 1.45. The zero-order valence-corrected chi connectivity index (χ0v) is 10.1. The predicted molar refractivity (Wildman–Crippen MR) is 61.7 cm³/mol. The van der Waals surface area contributed by atoms with Crippen LogP contribution >= 0.6 is 0 Å². The Morgan fingerprint density at radius 2 is 2.13 bits per heavy atom. The van der Waals surface area contributed by atoms with Crippen molar-refractivity contribution < 1.29 is 9.90 Å². The molecule has 90 valence electrons. The average Bonchev–Trinajstić information content (AvgIpc) is 2.26. The first kappa shape index (κ1) is 14.4. The quantitative estimate of drug-likeness (QED) is 0.620. The van der Waals surface area contributed by atoms with Gasteiger partial charge in [0.2, 0.25) is 5.91 Å². The lowest BCUT2D eigenvalue weighted by atomic mass is 10.1. The summed E-state index contributed by atoms with van der Waals surface area (Å²) in [5.74, 6) is 0.190. The molecule has 0 aromatic heterocycles. The summed E-state index contributed by atoms with van der Waals surface area (Å²) in [7, 11) is 0. The van der Waals surface area contributed by atoms with Crippen LogP contribution in [0.2, 0.25) is 0 Å². The smallest absolute Gasteiger partial charge is 0.226 e. The first-order valence-electron chi connectivity index (χ1n) is 5.77. The van der Waals surface area contributed by atoms with E-state index >= 15 is 0 Å². The number of aliphatic hydroxyl groups is 1. The average molecular weight is 216 g/mol. The number of nitrogens with zero attached hydrogens (tertiary/aromatic N) is 1. The molecule has 4 heteroatoms. The van der Waals surface area contributed by atoms with Gasteiger partial charge >= 0.3 is 0 Å². The van der Waals surface area contributed by atoms with E-state index < -0.39 is 0 Å². The molecule has 0 aromatic rings. The third-order valence-corrected chi connectivity index (χ3v) is 2.40. The number of hydrogen-bond donors (Lipinski definition) is 2. The van der Waals surface area contributed by atoms with E-state index in [4.69, 9.17) is 5.11 Å². The second-order valence-corrected chi connectivity index (χ2v) is 3.70. The lowest BCUT2D eigenvalue weighted by Gasteiger charge is -2.24. The van der Waals surface area contributed by atoms with Crippen molar-refractivity contribution in [3.05, 3.63) is 0 Å². The molecule has 15 heavy (non-hydrogen) atoms. The number of rotatable bonds is 8. The van der Waals surface area contributed by atoms with E-state index in [9.17, 15) is 4.79 Å². The number of amides is 1. The summed E-state index contributed by atoms with van der Waals surface area (Å²) in [6, 6.07) is 0. The summed E-state index contributed by atoms with van der Waals surface area (Å²) in [5, 5.41) is 11.9. The van der Waals surface area contributed by atoms with Crippen LogP contribution in [0, 0.1) is 5.92 Å². The van der Waals surface area contributed by atoms with Gasteiger partial charge in [0, 0.05) is 32.2 Å². The molecule has 0 radical (unpaired) electrons. The first-order chi connectivity index (χ1) is 7.17. The Morgan fingerprint density at radius 1 is 1.47 bits per heavy atom. The van der Waals surface area contributed by atoms with Crippen LogP contribution < -0.4 is 5.32 Å².